The van der Waals surface area contributed by atoms with Gasteiger partial charge in [0.15, 0.2) is 0 Å². The molecule has 0 spiro atoms. The third-order valence-electron chi connectivity index (χ3n) is 3.43. The Hall–Kier alpha value is -0.920. The highest BCUT2D eigenvalue weighted by molar-refractivity contribution is 9.10. The van der Waals surface area contributed by atoms with Crippen LogP contribution in [-0.2, 0) is 10.0 Å². The molecule has 118 valence electrons. The predicted molar refractivity (Wildman–Crippen MR) is 86.6 cm³/mol. The number of benzene rings is 1. The number of carbonyl (C=O) groups excluding carboxylic acids is 1. The summed E-state index contributed by atoms with van der Waals surface area (Å²) in [5, 5.41) is 8.10. The molecule has 0 bridgehead atoms. The number of hydrogen-bond donors (Lipinski definition) is 2. The van der Waals surface area contributed by atoms with E-state index in [2.05, 4.69) is 21.2 Å². The molecular weight excluding hydrogens is 356 g/mol. The number of sulfonamides is 1. The second-order valence-electron chi connectivity index (χ2n) is 5.36. The van der Waals surface area contributed by atoms with Crippen LogP contribution in [0.4, 0.5) is 0 Å². The number of amides is 1. The molecule has 1 unspecified atom stereocenters. The Labute approximate surface area is 134 Å². The first-order valence-electron chi connectivity index (χ1n) is 6.71. The quantitative estimate of drug-likeness (QED) is 0.827. The topological polar surface area (TPSA) is 89.3 Å². The van der Waals surface area contributed by atoms with Crippen molar-refractivity contribution in [1.29, 1.82) is 0 Å². The lowest BCUT2D eigenvalue weighted by Gasteiger charge is -2.21. The van der Waals surface area contributed by atoms with Crippen LogP contribution in [0.25, 0.3) is 0 Å². The second-order valence-corrected chi connectivity index (χ2v) is 7.74. The van der Waals surface area contributed by atoms with Crippen LogP contribution in [0.5, 0.6) is 0 Å². The Morgan fingerprint density at radius 2 is 1.95 bits per heavy atom. The summed E-state index contributed by atoms with van der Waals surface area (Å²) >= 11 is 3.27. The second kappa shape index (κ2) is 6.89. The highest BCUT2D eigenvalue weighted by Crippen LogP contribution is 2.25. The minimum atomic E-state index is -3.87. The fourth-order valence-corrected chi connectivity index (χ4v) is 3.49. The predicted octanol–water partition coefficient (Wildman–Crippen LogP) is 2.57. The van der Waals surface area contributed by atoms with Gasteiger partial charge in [0.05, 0.1) is 4.90 Å². The molecular formula is C14H21BrN2O3S. The van der Waals surface area contributed by atoms with Gasteiger partial charge in [-0.1, -0.05) is 36.7 Å². The molecule has 0 aliphatic rings. The highest BCUT2D eigenvalue weighted by atomic mass is 79.9. The van der Waals surface area contributed by atoms with Crippen molar-refractivity contribution in [2.45, 2.75) is 45.1 Å². The average Bonchev–Trinajstić information content (AvgIpc) is 2.36. The van der Waals surface area contributed by atoms with Gasteiger partial charge in [0.2, 0.25) is 10.0 Å². The first-order chi connectivity index (χ1) is 9.57. The van der Waals surface area contributed by atoms with Crippen molar-refractivity contribution < 1.29 is 13.2 Å². The summed E-state index contributed by atoms with van der Waals surface area (Å²) in [7, 11) is -3.87. The molecule has 0 saturated heterocycles. The molecule has 7 heteroatoms. The Balaban J connectivity index is 3.20. The maximum absolute atomic E-state index is 12.3. The van der Waals surface area contributed by atoms with Crippen molar-refractivity contribution >= 4 is 31.9 Å². The van der Waals surface area contributed by atoms with Crippen LogP contribution in [0, 0.1) is 12.8 Å². The van der Waals surface area contributed by atoms with Crippen LogP contribution in [0.3, 0.4) is 0 Å². The zero-order valence-corrected chi connectivity index (χ0v) is 15.0. The zero-order chi connectivity index (χ0) is 16.4. The fourth-order valence-electron chi connectivity index (χ4n) is 2.07. The van der Waals surface area contributed by atoms with Crippen molar-refractivity contribution in [3.8, 4) is 0 Å². The molecule has 1 amide bonds. The molecule has 0 radical (unpaired) electrons. The minimum absolute atomic E-state index is 0.0375. The molecule has 1 rings (SSSR count). The Bertz CT molecular complexity index is 642. The van der Waals surface area contributed by atoms with Gasteiger partial charge in [0, 0.05) is 16.1 Å². The van der Waals surface area contributed by atoms with E-state index < -0.39 is 10.0 Å². The fraction of sp³-hybridized carbons (Fsp3) is 0.500. The molecule has 1 aromatic carbocycles. The van der Waals surface area contributed by atoms with Gasteiger partial charge in [-0.15, -0.1) is 0 Å². The molecule has 0 fully saturated rings. The van der Waals surface area contributed by atoms with Gasteiger partial charge in [0.1, 0.15) is 0 Å². The summed E-state index contributed by atoms with van der Waals surface area (Å²) in [4.78, 5) is 12.3. The third-order valence-corrected chi connectivity index (χ3v) is 5.29. The third kappa shape index (κ3) is 4.52. The molecule has 0 saturated carbocycles. The van der Waals surface area contributed by atoms with Gasteiger partial charge in [-0.25, -0.2) is 13.6 Å². The van der Waals surface area contributed by atoms with Gasteiger partial charge < -0.3 is 5.32 Å². The Morgan fingerprint density at radius 1 is 1.38 bits per heavy atom. The molecule has 5 nitrogen and oxygen atoms in total. The molecule has 0 aromatic heterocycles. The van der Waals surface area contributed by atoms with Crippen molar-refractivity contribution in [3.05, 3.63) is 27.7 Å². The summed E-state index contributed by atoms with van der Waals surface area (Å²) in [6, 6.07) is 2.96. The van der Waals surface area contributed by atoms with Gasteiger partial charge in [-0.05, 0) is 37.0 Å². The van der Waals surface area contributed by atoms with E-state index in [1.54, 1.807) is 13.0 Å². The Kier molecular flexibility index (Phi) is 5.95. The number of hydrogen-bond acceptors (Lipinski definition) is 3. The number of nitrogens with one attached hydrogen (secondary N) is 1. The normalized spacial score (nSPS) is 13.3. The van der Waals surface area contributed by atoms with Crippen LogP contribution >= 0.6 is 15.9 Å². The minimum Gasteiger partial charge on any atom is -0.349 e. The van der Waals surface area contributed by atoms with Gasteiger partial charge >= 0.3 is 0 Å². The monoisotopic (exact) mass is 376 g/mol. The van der Waals surface area contributed by atoms with Crippen LogP contribution < -0.4 is 10.5 Å². The van der Waals surface area contributed by atoms with Crippen molar-refractivity contribution in [2.75, 3.05) is 0 Å². The first kappa shape index (κ1) is 18.1. The maximum atomic E-state index is 12.3. The largest absolute Gasteiger partial charge is 0.349 e. The summed E-state index contributed by atoms with van der Waals surface area (Å²) in [5.74, 6) is -0.00768. The lowest BCUT2D eigenvalue weighted by Crippen LogP contribution is -2.38. The molecule has 0 aliphatic heterocycles. The van der Waals surface area contributed by atoms with Gasteiger partial charge in [-0.3, -0.25) is 4.79 Å². The standard InChI is InChI=1S/C14H21BrN2O3S/c1-5-12(8(2)3)17-14(18)10-6-11(15)9(4)13(7-10)21(16,19)20/h6-8,12H,5H2,1-4H3,(H,17,18)(H2,16,19,20). The van der Waals surface area contributed by atoms with E-state index in [9.17, 15) is 13.2 Å². The highest BCUT2D eigenvalue weighted by Gasteiger charge is 2.20. The van der Waals surface area contributed by atoms with Crippen molar-refractivity contribution in [1.82, 2.24) is 5.32 Å². The summed E-state index contributed by atoms with van der Waals surface area (Å²) in [6.45, 7) is 7.67. The molecule has 1 aromatic rings. The molecule has 3 N–H and O–H groups in total. The van der Waals surface area contributed by atoms with Crippen LogP contribution in [0.2, 0.25) is 0 Å². The maximum Gasteiger partial charge on any atom is 0.251 e. The summed E-state index contributed by atoms with van der Waals surface area (Å²) < 4.78 is 23.7. The van der Waals surface area contributed by atoms with E-state index in [-0.39, 0.29) is 22.4 Å². The number of halogens is 1. The van der Waals surface area contributed by atoms with E-state index in [4.69, 9.17) is 5.14 Å². The van der Waals surface area contributed by atoms with Gasteiger partial charge in [0.25, 0.3) is 5.91 Å². The van der Waals surface area contributed by atoms with Crippen molar-refractivity contribution in [2.24, 2.45) is 11.1 Å². The number of carbonyl (C=O) groups is 1. The molecule has 21 heavy (non-hydrogen) atoms. The van der Waals surface area contributed by atoms with Gasteiger partial charge in [-0.2, -0.15) is 0 Å². The smallest absolute Gasteiger partial charge is 0.251 e. The van der Waals surface area contributed by atoms with Crippen molar-refractivity contribution in [3.63, 3.8) is 0 Å². The summed E-state index contributed by atoms with van der Waals surface area (Å²) in [5.41, 5.74) is 0.764. The Morgan fingerprint density at radius 3 is 2.38 bits per heavy atom. The SMILES string of the molecule is CCC(NC(=O)c1cc(Br)c(C)c(S(N)(=O)=O)c1)C(C)C. The number of rotatable bonds is 5. The molecule has 0 aliphatic carbocycles. The van der Waals surface area contributed by atoms with Crippen LogP contribution in [0.1, 0.15) is 43.1 Å². The van der Waals surface area contributed by atoms with Crippen LogP contribution in [-0.4, -0.2) is 20.4 Å². The molecule has 0 heterocycles. The first-order valence-corrected chi connectivity index (χ1v) is 9.05. The van der Waals surface area contributed by atoms with E-state index in [1.165, 1.54) is 6.07 Å². The van der Waals surface area contributed by atoms with E-state index in [0.717, 1.165) is 6.42 Å². The zero-order valence-electron chi connectivity index (χ0n) is 12.6. The van der Waals surface area contributed by atoms with E-state index in [0.29, 0.717) is 16.0 Å². The van der Waals surface area contributed by atoms with E-state index in [1.807, 2.05) is 20.8 Å². The lowest BCUT2D eigenvalue weighted by atomic mass is 10.0. The number of nitrogens with two attached hydrogens (primary N) is 1. The lowest BCUT2D eigenvalue weighted by molar-refractivity contribution is 0.0924. The van der Waals surface area contributed by atoms with Crippen LogP contribution in [0.15, 0.2) is 21.5 Å². The number of primary sulfonamides is 1. The summed E-state index contributed by atoms with van der Waals surface area (Å²) in [6.07, 6.45) is 0.804. The van der Waals surface area contributed by atoms with E-state index >= 15 is 0 Å². The molecule has 1 atom stereocenters. The average molecular weight is 377 g/mol.